The van der Waals surface area contributed by atoms with E-state index in [0.717, 1.165) is 6.21 Å². The molecule has 0 atom stereocenters. The van der Waals surface area contributed by atoms with Crippen molar-refractivity contribution in [3.63, 3.8) is 0 Å². The van der Waals surface area contributed by atoms with Gasteiger partial charge in [0.1, 0.15) is 11.4 Å². The molecule has 1 aromatic heterocycles. The van der Waals surface area contributed by atoms with E-state index in [-0.39, 0.29) is 30.2 Å². The molecule has 0 saturated heterocycles. The number of hydrazone groups is 1. The molecule has 1 heterocycles. The van der Waals surface area contributed by atoms with Crippen LogP contribution >= 0.6 is 0 Å². The summed E-state index contributed by atoms with van der Waals surface area (Å²) in [6.45, 7) is -0.674. The van der Waals surface area contributed by atoms with Gasteiger partial charge in [-0.25, -0.2) is 0 Å². The fraction of sp³-hybridized carbons (Fsp3) is 0.250. The lowest BCUT2D eigenvalue weighted by Gasteiger charge is -2.07. The molecule has 1 aromatic rings. The van der Waals surface area contributed by atoms with E-state index in [1.165, 1.54) is 6.20 Å². The van der Waals surface area contributed by atoms with Crippen LogP contribution in [0.25, 0.3) is 0 Å². The minimum atomic E-state index is -0.379. The number of hydrogen-bond acceptors (Lipinski definition) is 6. The monoisotopic (exact) mass is 197 g/mol. The minimum absolute atomic E-state index is 0.161. The van der Waals surface area contributed by atoms with Crippen LogP contribution in [-0.2, 0) is 13.2 Å². The minimum Gasteiger partial charge on any atom is -0.505 e. The van der Waals surface area contributed by atoms with Gasteiger partial charge < -0.3 is 21.2 Å². The summed E-state index contributed by atoms with van der Waals surface area (Å²) in [6, 6.07) is 0. The number of rotatable bonds is 3. The highest BCUT2D eigenvalue weighted by Crippen LogP contribution is 2.23. The van der Waals surface area contributed by atoms with E-state index in [1.807, 2.05) is 0 Å². The van der Waals surface area contributed by atoms with Crippen molar-refractivity contribution in [2.75, 3.05) is 0 Å². The molecular formula is C8H11N3O3. The van der Waals surface area contributed by atoms with Gasteiger partial charge in [0.2, 0.25) is 0 Å². The quantitative estimate of drug-likeness (QED) is 0.284. The molecular weight excluding hydrogens is 186 g/mol. The predicted molar refractivity (Wildman–Crippen MR) is 49.5 cm³/mol. The second kappa shape index (κ2) is 4.54. The highest BCUT2D eigenvalue weighted by Gasteiger charge is 2.11. The van der Waals surface area contributed by atoms with Crippen LogP contribution in [0.15, 0.2) is 11.3 Å². The standard InChI is InChI=1S/C8H11N3O3/c9-11-2-7-8(14)6(4-13)5(3-12)1-10-7/h1-2,12-14H,3-4,9H2/b11-2+. The third kappa shape index (κ3) is 1.81. The van der Waals surface area contributed by atoms with E-state index in [1.54, 1.807) is 0 Å². The highest BCUT2D eigenvalue weighted by atomic mass is 16.3. The first kappa shape index (κ1) is 10.4. The van der Waals surface area contributed by atoms with Gasteiger partial charge in [-0.3, -0.25) is 4.98 Å². The van der Waals surface area contributed by atoms with E-state index in [2.05, 4.69) is 10.1 Å². The van der Waals surface area contributed by atoms with Crippen LogP contribution in [0, 0.1) is 0 Å². The van der Waals surface area contributed by atoms with Gasteiger partial charge in [-0.15, -0.1) is 0 Å². The summed E-state index contributed by atoms with van der Waals surface area (Å²) in [6.07, 6.45) is 2.51. The van der Waals surface area contributed by atoms with E-state index in [4.69, 9.17) is 16.1 Å². The van der Waals surface area contributed by atoms with Crippen molar-refractivity contribution < 1.29 is 15.3 Å². The van der Waals surface area contributed by atoms with Crippen molar-refractivity contribution >= 4 is 6.21 Å². The van der Waals surface area contributed by atoms with Gasteiger partial charge in [0.15, 0.2) is 0 Å². The SMILES string of the molecule is N/N=C/c1ncc(CO)c(CO)c1O. The van der Waals surface area contributed by atoms with Crippen LogP contribution in [0.5, 0.6) is 5.75 Å². The molecule has 1 rings (SSSR count). The number of pyridine rings is 1. The number of nitrogens with zero attached hydrogens (tertiary/aromatic N) is 2. The Morgan fingerprint density at radius 2 is 2.14 bits per heavy atom. The number of aliphatic hydroxyl groups excluding tert-OH is 2. The van der Waals surface area contributed by atoms with E-state index >= 15 is 0 Å². The summed E-state index contributed by atoms with van der Waals surface area (Å²) in [5, 5.41) is 30.6. The molecule has 14 heavy (non-hydrogen) atoms. The fourth-order valence-electron chi connectivity index (χ4n) is 1.07. The summed E-state index contributed by atoms with van der Waals surface area (Å²) in [5.41, 5.74) is 0.769. The summed E-state index contributed by atoms with van der Waals surface area (Å²) in [4.78, 5) is 3.80. The zero-order chi connectivity index (χ0) is 10.6. The Morgan fingerprint density at radius 3 is 2.64 bits per heavy atom. The van der Waals surface area contributed by atoms with Crippen LogP contribution in [0.1, 0.15) is 16.8 Å². The van der Waals surface area contributed by atoms with Crippen molar-refractivity contribution in [3.05, 3.63) is 23.0 Å². The van der Waals surface area contributed by atoms with Gasteiger partial charge in [0, 0.05) is 17.3 Å². The highest BCUT2D eigenvalue weighted by molar-refractivity contribution is 5.81. The van der Waals surface area contributed by atoms with Gasteiger partial charge >= 0.3 is 0 Å². The van der Waals surface area contributed by atoms with E-state index in [0.29, 0.717) is 5.56 Å². The van der Waals surface area contributed by atoms with Gasteiger partial charge in [-0.05, 0) is 0 Å². The molecule has 0 aliphatic carbocycles. The maximum atomic E-state index is 9.55. The molecule has 0 amide bonds. The van der Waals surface area contributed by atoms with Crippen molar-refractivity contribution in [1.29, 1.82) is 0 Å². The lowest BCUT2D eigenvalue weighted by molar-refractivity contribution is 0.254. The number of aromatic nitrogens is 1. The van der Waals surface area contributed by atoms with Crippen molar-refractivity contribution in [3.8, 4) is 5.75 Å². The smallest absolute Gasteiger partial charge is 0.148 e. The van der Waals surface area contributed by atoms with Crippen LogP contribution in [0.4, 0.5) is 0 Å². The molecule has 6 nitrogen and oxygen atoms in total. The number of hydrogen-bond donors (Lipinski definition) is 4. The topological polar surface area (TPSA) is 112 Å². The normalized spacial score (nSPS) is 11.0. The number of nitrogens with two attached hydrogens (primary N) is 1. The summed E-state index contributed by atoms with van der Waals surface area (Å²) in [7, 11) is 0. The molecule has 0 radical (unpaired) electrons. The zero-order valence-corrected chi connectivity index (χ0v) is 7.38. The molecule has 0 aliphatic heterocycles. The molecule has 0 bridgehead atoms. The maximum absolute atomic E-state index is 9.55. The molecule has 5 N–H and O–H groups in total. The first-order chi connectivity index (χ1) is 6.74. The van der Waals surface area contributed by atoms with Crippen molar-refractivity contribution in [2.45, 2.75) is 13.2 Å². The molecule has 0 aliphatic rings. The first-order valence-electron chi connectivity index (χ1n) is 3.89. The number of aromatic hydroxyl groups is 1. The second-order valence-corrected chi connectivity index (χ2v) is 2.59. The average Bonchev–Trinajstić information content (AvgIpc) is 2.21. The lowest BCUT2D eigenvalue weighted by Crippen LogP contribution is -2.01. The Morgan fingerprint density at radius 1 is 1.43 bits per heavy atom. The Labute approximate surface area is 80.3 Å². The van der Waals surface area contributed by atoms with Crippen LogP contribution in [0.3, 0.4) is 0 Å². The molecule has 0 fully saturated rings. The largest absolute Gasteiger partial charge is 0.505 e. The second-order valence-electron chi connectivity index (χ2n) is 2.59. The molecule has 0 aromatic carbocycles. The van der Waals surface area contributed by atoms with Gasteiger partial charge in [0.25, 0.3) is 0 Å². The third-order valence-electron chi connectivity index (χ3n) is 1.80. The Hall–Kier alpha value is -1.66. The van der Waals surface area contributed by atoms with Crippen molar-refractivity contribution in [1.82, 2.24) is 4.98 Å². The summed E-state index contributed by atoms with van der Waals surface area (Å²) < 4.78 is 0. The molecule has 0 unspecified atom stereocenters. The van der Waals surface area contributed by atoms with E-state index < -0.39 is 0 Å². The first-order valence-corrected chi connectivity index (χ1v) is 3.89. The third-order valence-corrected chi connectivity index (χ3v) is 1.80. The molecule has 6 heteroatoms. The van der Waals surface area contributed by atoms with Crippen molar-refractivity contribution in [2.24, 2.45) is 10.9 Å². The maximum Gasteiger partial charge on any atom is 0.148 e. The van der Waals surface area contributed by atoms with Crippen LogP contribution in [0.2, 0.25) is 0 Å². The molecule has 0 spiro atoms. The van der Waals surface area contributed by atoms with E-state index in [9.17, 15) is 5.11 Å². The summed E-state index contributed by atoms with van der Waals surface area (Å²) in [5.74, 6) is 4.68. The van der Waals surface area contributed by atoms with Crippen LogP contribution < -0.4 is 5.84 Å². The lowest BCUT2D eigenvalue weighted by atomic mass is 10.1. The van der Waals surface area contributed by atoms with Gasteiger partial charge in [-0.2, -0.15) is 5.10 Å². The zero-order valence-electron chi connectivity index (χ0n) is 7.38. The van der Waals surface area contributed by atoms with Crippen LogP contribution in [-0.4, -0.2) is 26.5 Å². The summed E-state index contributed by atoms with van der Waals surface area (Å²) >= 11 is 0. The number of aliphatic hydroxyl groups is 2. The van der Waals surface area contributed by atoms with Gasteiger partial charge in [-0.1, -0.05) is 0 Å². The van der Waals surface area contributed by atoms with Gasteiger partial charge in [0.05, 0.1) is 19.4 Å². The predicted octanol–water partition coefficient (Wildman–Crippen LogP) is -0.936. The molecule has 76 valence electrons. The fourth-order valence-corrected chi connectivity index (χ4v) is 1.07. The Balaban J connectivity index is 3.27. The Bertz CT molecular complexity index is 352. The Kier molecular flexibility index (Phi) is 3.38. The average molecular weight is 197 g/mol. The molecule has 0 saturated carbocycles.